The highest BCUT2D eigenvalue weighted by molar-refractivity contribution is 7.13. The monoisotopic (exact) mass is 268 g/mol. The van der Waals surface area contributed by atoms with Gasteiger partial charge in [-0.05, 0) is 31.9 Å². The van der Waals surface area contributed by atoms with E-state index in [0.29, 0.717) is 11.4 Å². The summed E-state index contributed by atoms with van der Waals surface area (Å²) >= 11 is 1.47. The van der Waals surface area contributed by atoms with E-state index in [1.807, 2.05) is 19.1 Å². The minimum Gasteiger partial charge on any atom is -0.334 e. The van der Waals surface area contributed by atoms with Crippen LogP contribution in [-0.4, -0.2) is 35.6 Å². The third-order valence-corrected chi connectivity index (χ3v) is 5.22. The second-order valence-electron chi connectivity index (χ2n) is 5.40. The SMILES string of the molecule is Cc1ccc(C(=O)N2C[C@@H]3CC[C@@H](N)[C@]3(F)C2)s1. The van der Waals surface area contributed by atoms with Gasteiger partial charge in [0.2, 0.25) is 0 Å². The smallest absolute Gasteiger partial charge is 0.264 e. The maximum Gasteiger partial charge on any atom is 0.264 e. The summed E-state index contributed by atoms with van der Waals surface area (Å²) in [6, 6.07) is 3.33. The number of rotatable bonds is 1. The summed E-state index contributed by atoms with van der Waals surface area (Å²) < 4.78 is 14.7. The Balaban J connectivity index is 1.79. The highest BCUT2D eigenvalue weighted by Gasteiger charge is 2.56. The first-order valence-electron chi connectivity index (χ1n) is 6.31. The number of likely N-dealkylation sites (tertiary alicyclic amines) is 1. The molecule has 5 heteroatoms. The Hall–Kier alpha value is -0.940. The van der Waals surface area contributed by atoms with Crippen LogP contribution in [0.25, 0.3) is 0 Å². The molecule has 3 atom stereocenters. The maximum atomic E-state index is 14.7. The lowest BCUT2D eigenvalue weighted by Gasteiger charge is -2.23. The van der Waals surface area contributed by atoms with Gasteiger partial charge in [-0.2, -0.15) is 0 Å². The summed E-state index contributed by atoms with van der Waals surface area (Å²) in [7, 11) is 0. The number of hydrogen-bond donors (Lipinski definition) is 1. The van der Waals surface area contributed by atoms with Crippen LogP contribution in [0.5, 0.6) is 0 Å². The molecule has 98 valence electrons. The fraction of sp³-hybridized carbons (Fsp3) is 0.615. The Morgan fingerprint density at radius 3 is 2.94 bits per heavy atom. The number of fused-ring (bicyclic) bond motifs is 1. The van der Waals surface area contributed by atoms with E-state index in [9.17, 15) is 9.18 Å². The maximum absolute atomic E-state index is 14.7. The van der Waals surface area contributed by atoms with E-state index in [-0.39, 0.29) is 18.4 Å². The molecule has 1 aromatic heterocycles. The standard InChI is InChI=1S/C13H17FN2OS/c1-8-2-4-10(18-8)12(17)16-6-9-3-5-11(15)13(9,14)7-16/h2,4,9,11H,3,5-7,15H2,1H3/t9-,11+,13-/m0/s1. The van der Waals surface area contributed by atoms with Gasteiger partial charge in [-0.25, -0.2) is 4.39 Å². The van der Waals surface area contributed by atoms with Crippen molar-refractivity contribution in [3.63, 3.8) is 0 Å². The van der Waals surface area contributed by atoms with E-state index < -0.39 is 11.7 Å². The summed E-state index contributed by atoms with van der Waals surface area (Å²) in [5.41, 5.74) is 4.49. The number of carbonyl (C=O) groups is 1. The molecule has 0 radical (unpaired) electrons. The Kier molecular flexibility index (Phi) is 2.71. The van der Waals surface area contributed by atoms with Gasteiger partial charge in [-0.15, -0.1) is 11.3 Å². The van der Waals surface area contributed by atoms with E-state index in [4.69, 9.17) is 5.73 Å². The number of thiophene rings is 1. The molecule has 1 aromatic rings. The van der Waals surface area contributed by atoms with Crippen LogP contribution in [0.1, 0.15) is 27.4 Å². The summed E-state index contributed by atoms with van der Waals surface area (Å²) in [4.78, 5) is 15.7. The molecule has 2 fully saturated rings. The second-order valence-corrected chi connectivity index (χ2v) is 6.69. The van der Waals surface area contributed by atoms with Crippen LogP contribution in [0, 0.1) is 12.8 Å². The van der Waals surface area contributed by atoms with Crippen molar-refractivity contribution in [1.29, 1.82) is 0 Å². The number of carbonyl (C=O) groups excluding carboxylic acids is 1. The van der Waals surface area contributed by atoms with Crippen molar-refractivity contribution in [1.82, 2.24) is 4.90 Å². The number of nitrogens with zero attached hydrogens (tertiary/aromatic N) is 1. The molecule has 1 saturated carbocycles. The third kappa shape index (κ3) is 1.68. The first-order chi connectivity index (χ1) is 8.50. The minimum absolute atomic E-state index is 0.0493. The minimum atomic E-state index is -1.36. The molecular formula is C13H17FN2OS. The Morgan fingerprint density at radius 1 is 1.56 bits per heavy atom. The van der Waals surface area contributed by atoms with Crippen molar-refractivity contribution in [2.45, 2.75) is 31.5 Å². The highest BCUT2D eigenvalue weighted by atomic mass is 32.1. The van der Waals surface area contributed by atoms with Gasteiger partial charge in [0.25, 0.3) is 5.91 Å². The van der Waals surface area contributed by atoms with E-state index in [1.54, 1.807) is 4.90 Å². The Bertz CT molecular complexity index is 489. The molecule has 0 spiro atoms. The number of amides is 1. The van der Waals surface area contributed by atoms with Crippen molar-refractivity contribution >= 4 is 17.2 Å². The van der Waals surface area contributed by atoms with Crippen molar-refractivity contribution < 1.29 is 9.18 Å². The zero-order chi connectivity index (χ0) is 12.9. The lowest BCUT2D eigenvalue weighted by molar-refractivity contribution is 0.0739. The van der Waals surface area contributed by atoms with Gasteiger partial charge in [0.15, 0.2) is 0 Å². The molecule has 2 aliphatic rings. The predicted octanol–water partition coefficient (Wildman–Crippen LogP) is 1.96. The normalized spacial score (nSPS) is 34.9. The molecule has 0 aromatic carbocycles. The summed E-state index contributed by atoms with van der Waals surface area (Å²) in [6.07, 6.45) is 1.53. The Labute approximate surface area is 110 Å². The van der Waals surface area contributed by atoms with Gasteiger partial charge in [-0.3, -0.25) is 4.79 Å². The van der Waals surface area contributed by atoms with Crippen LogP contribution in [0.4, 0.5) is 4.39 Å². The second kappa shape index (κ2) is 4.03. The molecule has 2 N–H and O–H groups in total. The van der Waals surface area contributed by atoms with Crippen molar-refractivity contribution in [3.05, 3.63) is 21.9 Å². The molecule has 18 heavy (non-hydrogen) atoms. The number of halogens is 1. The van der Waals surface area contributed by atoms with Gasteiger partial charge >= 0.3 is 0 Å². The van der Waals surface area contributed by atoms with Gasteiger partial charge in [0.05, 0.1) is 11.4 Å². The first kappa shape index (κ1) is 12.1. The van der Waals surface area contributed by atoms with E-state index in [1.165, 1.54) is 11.3 Å². The first-order valence-corrected chi connectivity index (χ1v) is 7.12. The molecule has 0 unspecified atom stereocenters. The van der Waals surface area contributed by atoms with Crippen LogP contribution in [-0.2, 0) is 0 Å². The summed E-state index contributed by atoms with van der Waals surface area (Å²) in [5.74, 6) is -0.121. The lowest BCUT2D eigenvalue weighted by atomic mass is 9.94. The molecule has 1 amide bonds. The van der Waals surface area contributed by atoms with Crippen LogP contribution >= 0.6 is 11.3 Å². The summed E-state index contributed by atoms with van der Waals surface area (Å²) in [6.45, 7) is 2.64. The van der Waals surface area contributed by atoms with Gasteiger partial charge < -0.3 is 10.6 Å². The van der Waals surface area contributed by atoms with E-state index >= 15 is 0 Å². The average Bonchev–Trinajstić information content (AvgIpc) is 2.96. The predicted molar refractivity (Wildman–Crippen MR) is 69.5 cm³/mol. The average molecular weight is 268 g/mol. The zero-order valence-electron chi connectivity index (χ0n) is 10.4. The molecule has 0 bridgehead atoms. The van der Waals surface area contributed by atoms with Crippen molar-refractivity contribution in [3.8, 4) is 0 Å². The molecule has 2 heterocycles. The number of nitrogens with two attached hydrogens (primary N) is 1. The Morgan fingerprint density at radius 2 is 2.33 bits per heavy atom. The fourth-order valence-electron chi connectivity index (χ4n) is 3.14. The molecule has 1 aliphatic heterocycles. The quantitative estimate of drug-likeness (QED) is 0.846. The number of aryl methyl sites for hydroxylation is 1. The third-order valence-electron chi connectivity index (χ3n) is 4.23. The van der Waals surface area contributed by atoms with Crippen LogP contribution in [0.3, 0.4) is 0 Å². The fourth-order valence-corrected chi connectivity index (χ4v) is 3.97. The lowest BCUT2D eigenvalue weighted by Crippen LogP contribution is -2.45. The summed E-state index contributed by atoms with van der Waals surface area (Å²) in [5, 5.41) is 0. The van der Waals surface area contributed by atoms with Crippen molar-refractivity contribution in [2.24, 2.45) is 11.7 Å². The van der Waals surface area contributed by atoms with Gasteiger partial charge in [0, 0.05) is 23.4 Å². The van der Waals surface area contributed by atoms with Crippen molar-refractivity contribution in [2.75, 3.05) is 13.1 Å². The topological polar surface area (TPSA) is 46.3 Å². The molecule has 1 aliphatic carbocycles. The molecule has 3 nitrogen and oxygen atoms in total. The highest BCUT2D eigenvalue weighted by Crippen LogP contribution is 2.44. The van der Waals surface area contributed by atoms with Crippen LogP contribution in [0.15, 0.2) is 12.1 Å². The van der Waals surface area contributed by atoms with Crippen LogP contribution in [0.2, 0.25) is 0 Å². The number of hydrogen-bond acceptors (Lipinski definition) is 3. The zero-order valence-corrected chi connectivity index (χ0v) is 11.2. The molecule has 1 saturated heterocycles. The van der Waals surface area contributed by atoms with E-state index in [0.717, 1.165) is 17.7 Å². The molecular weight excluding hydrogens is 251 g/mol. The number of alkyl halides is 1. The van der Waals surface area contributed by atoms with Crippen LogP contribution < -0.4 is 5.73 Å². The molecule has 3 rings (SSSR count). The van der Waals surface area contributed by atoms with E-state index in [2.05, 4.69) is 0 Å². The van der Waals surface area contributed by atoms with Gasteiger partial charge in [0.1, 0.15) is 5.67 Å². The van der Waals surface area contributed by atoms with Gasteiger partial charge in [-0.1, -0.05) is 0 Å². The largest absolute Gasteiger partial charge is 0.334 e.